The molecule has 1 aliphatic carbocycles. The van der Waals surface area contributed by atoms with Crippen LogP contribution in [0.5, 0.6) is 5.75 Å². The minimum atomic E-state index is -4.56. The molecule has 1 aliphatic rings. The van der Waals surface area contributed by atoms with E-state index in [1.54, 1.807) is 12.3 Å². The smallest absolute Gasteiger partial charge is 0.416 e. The van der Waals surface area contributed by atoms with E-state index in [0.717, 1.165) is 25.3 Å². The quantitative estimate of drug-likeness (QED) is 0.608. The third kappa shape index (κ3) is 3.82. The molecule has 2 aromatic heterocycles. The van der Waals surface area contributed by atoms with E-state index in [2.05, 4.69) is 20.5 Å². The Morgan fingerprint density at radius 1 is 1.03 bits per heavy atom. The Kier molecular flexibility index (Phi) is 4.99. The lowest BCUT2D eigenvalue weighted by Crippen LogP contribution is -2.36. The van der Waals surface area contributed by atoms with Gasteiger partial charge in [-0.05, 0) is 37.1 Å². The van der Waals surface area contributed by atoms with Crippen molar-refractivity contribution in [3.8, 4) is 17.0 Å². The average Bonchev–Trinajstić information content (AvgIpc) is 2.69. The Labute approximate surface area is 164 Å². The van der Waals surface area contributed by atoms with Crippen LogP contribution in [0.4, 0.5) is 19.0 Å². The molecule has 2 atom stereocenters. The SMILES string of the molecule is Oc1cc(C(F)(F)F)ccc1-c1nnc(NC2CCCCC2O)c2ccncc12. The van der Waals surface area contributed by atoms with Gasteiger partial charge in [0.25, 0.3) is 0 Å². The molecule has 0 spiro atoms. The zero-order valence-electron chi connectivity index (χ0n) is 15.3. The molecular formula is C20H19F3N4O2. The number of nitrogens with one attached hydrogen (secondary N) is 1. The van der Waals surface area contributed by atoms with Crippen molar-refractivity contribution in [3.05, 3.63) is 42.2 Å². The summed E-state index contributed by atoms with van der Waals surface area (Å²) in [6, 6.07) is 4.30. The first-order valence-electron chi connectivity index (χ1n) is 9.30. The van der Waals surface area contributed by atoms with Crippen LogP contribution in [0.2, 0.25) is 0 Å². The highest BCUT2D eigenvalue weighted by Gasteiger charge is 2.31. The van der Waals surface area contributed by atoms with Crippen molar-refractivity contribution in [1.29, 1.82) is 0 Å². The van der Waals surface area contributed by atoms with E-state index in [1.165, 1.54) is 12.3 Å². The number of rotatable bonds is 3. The molecule has 152 valence electrons. The summed E-state index contributed by atoms with van der Waals surface area (Å²) < 4.78 is 38.7. The maximum atomic E-state index is 12.9. The maximum Gasteiger partial charge on any atom is 0.416 e. The zero-order chi connectivity index (χ0) is 20.6. The Hall–Kier alpha value is -2.94. The van der Waals surface area contributed by atoms with Crippen LogP contribution in [0.15, 0.2) is 36.7 Å². The number of phenolic OH excluding ortho intramolecular Hbond substituents is 1. The Bertz CT molecular complexity index is 1040. The van der Waals surface area contributed by atoms with Gasteiger partial charge in [0.2, 0.25) is 0 Å². The summed E-state index contributed by atoms with van der Waals surface area (Å²) in [6.45, 7) is 0. The lowest BCUT2D eigenvalue weighted by atomic mass is 9.92. The van der Waals surface area contributed by atoms with Gasteiger partial charge >= 0.3 is 6.18 Å². The largest absolute Gasteiger partial charge is 0.507 e. The Morgan fingerprint density at radius 2 is 1.83 bits per heavy atom. The number of phenols is 1. The molecule has 1 aromatic carbocycles. The molecule has 3 N–H and O–H groups in total. The summed E-state index contributed by atoms with van der Waals surface area (Å²) in [7, 11) is 0. The number of fused-ring (bicyclic) bond motifs is 1. The Morgan fingerprint density at radius 3 is 2.55 bits per heavy atom. The van der Waals surface area contributed by atoms with Crippen molar-refractivity contribution in [2.75, 3.05) is 5.32 Å². The molecule has 0 amide bonds. The van der Waals surface area contributed by atoms with Crippen molar-refractivity contribution < 1.29 is 23.4 Å². The molecule has 2 unspecified atom stereocenters. The summed E-state index contributed by atoms with van der Waals surface area (Å²) in [6.07, 6.45) is 1.54. The predicted octanol–water partition coefficient (Wildman–Crippen LogP) is 4.13. The number of hydrogen-bond donors (Lipinski definition) is 3. The van der Waals surface area contributed by atoms with Gasteiger partial charge < -0.3 is 15.5 Å². The van der Waals surface area contributed by atoms with Gasteiger partial charge in [-0.15, -0.1) is 10.2 Å². The van der Waals surface area contributed by atoms with Crippen molar-refractivity contribution in [1.82, 2.24) is 15.2 Å². The molecule has 3 aromatic rings. The standard InChI is InChI=1S/C20H19F3N4O2/c21-20(22,23)11-5-6-13(17(29)9-11)18-14-10-24-8-7-12(14)19(27-26-18)25-15-3-1-2-4-16(15)28/h5-10,15-16,28-29H,1-4H2,(H,25,27). The molecule has 6 nitrogen and oxygen atoms in total. The van der Waals surface area contributed by atoms with Gasteiger partial charge in [0.1, 0.15) is 11.4 Å². The number of aliphatic hydroxyl groups is 1. The van der Waals surface area contributed by atoms with E-state index in [-0.39, 0.29) is 17.3 Å². The van der Waals surface area contributed by atoms with Crippen LogP contribution < -0.4 is 5.32 Å². The minimum absolute atomic E-state index is 0.132. The van der Waals surface area contributed by atoms with Crippen LogP contribution >= 0.6 is 0 Å². The summed E-state index contributed by atoms with van der Waals surface area (Å²) >= 11 is 0. The predicted molar refractivity (Wildman–Crippen MR) is 101 cm³/mol. The lowest BCUT2D eigenvalue weighted by molar-refractivity contribution is -0.137. The number of halogens is 3. The van der Waals surface area contributed by atoms with E-state index in [9.17, 15) is 23.4 Å². The highest BCUT2D eigenvalue weighted by Crippen LogP contribution is 2.38. The summed E-state index contributed by atoms with van der Waals surface area (Å²) in [4.78, 5) is 4.08. The second-order valence-corrected chi connectivity index (χ2v) is 7.15. The second kappa shape index (κ2) is 7.47. The molecule has 0 saturated heterocycles. The van der Waals surface area contributed by atoms with Gasteiger partial charge in [-0.2, -0.15) is 13.2 Å². The highest BCUT2D eigenvalue weighted by atomic mass is 19.4. The third-order valence-corrected chi connectivity index (χ3v) is 5.21. The van der Waals surface area contributed by atoms with Gasteiger partial charge in [-0.25, -0.2) is 0 Å². The first kappa shape index (κ1) is 19.4. The average molecular weight is 404 g/mol. The topological polar surface area (TPSA) is 91.2 Å². The number of aromatic hydroxyl groups is 1. The monoisotopic (exact) mass is 404 g/mol. The van der Waals surface area contributed by atoms with Crippen molar-refractivity contribution in [2.45, 2.75) is 44.0 Å². The fourth-order valence-corrected chi connectivity index (χ4v) is 3.67. The van der Waals surface area contributed by atoms with Crippen LogP contribution in [0, 0.1) is 0 Å². The summed E-state index contributed by atoms with van der Waals surface area (Å²) in [5, 5.41) is 33.2. The van der Waals surface area contributed by atoms with Crippen LogP contribution in [0.1, 0.15) is 31.2 Å². The van der Waals surface area contributed by atoms with Gasteiger partial charge in [-0.3, -0.25) is 4.98 Å². The number of aliphatic hydroxyl groups excluding tert-OH is 1. The van der Waals surface area contributed by atoms with Crippen molar-refractivity contribution in [3.63, 3.8) is 0 Å². The normalized spacial score (nSPS) is 20.0. The number of aromatic nitrogens is 3. The van der Waals surface area contributed by atoms with Crippen LogP contribution in [0.3, 0.4) is 0 Å². The number of alkyl halides is 3. The van der Waals surface area contributed by atoms with E-state index in [0.29, 0.717) is 29.1 Å². The summed E-state index contributed by atoms with van der Waals surface area (Å²) in [5.41, 5.74) is -0.583. The molecule has 9 heteroatoms. The maximum absolute atomic E-state index is 12.9. The molecule has 29 heavy (non-hydrogen) atoms. The van der Waals surface area contributed by atoms with Crippen molar-refractivity contribution >= 4 is 16.6 Å². The first-order valence-corrected chi connectivity index (χ1v) is 9.30. The Balaban J connectivity index is 1.76. The van der Waals surface area contributed by atoms with Crippen LogP contribution in [-0.2, 0) is 6.18 Å². The van der Waals surface area contributed by atoms with E-state index in [1.807, 2.05) is 0 Å². The molecule has 2 heterocycles. The molecule has 0 bridgehead atoms. The van der Waals surface area contributed by atoms with Crippen molar-refractivity contribution in [2.24, 2.45) is 0 Å². The van der Waals surface area contributed by atoms with E-state index in [4.69, 9.17) is 0 Å². The fraction of sp³-hybridized carbons (Fsp3) is 0.350. The number of pyridine rings is 1. The summed E-state index contributed by atoms with van der Waals surface area (Å²) in [5.74, 6) is -0.0776. The van der Waals surface area contributed by atoms with E-state index < -0.39 is 23.6 Å². The number of benzene rings is 1. The molecule has 1 saturated carbocycles. The van der Waals surface area contributed by atoms with Gasteiger partial charge in [-0.1, -0.05) is 12.8 Å². The minimum Gasteiger partial charge on any atom is -0.507 e. The lowest BCUT2D eigenvalue weighted by Gasteiger charge is -2.29. The van der Waals surface area contributed by atoms with Crippen LogP contribution in [0.25, 0.3) is 22.0 Å². The van der Waals surface area contributed by atoms with Gasteiger partial charge in [0.05, 0.1) is 17.7 Å². The molecular weight excluding hydrogens is 385 g/mol. The van der Waals surface area contributed by atoms with Gasteiger partial charge in [0, 0.05) is 28.7 Å². The number of hydrogen-bond acceptors (Lipinski definition) is 6. The van der Waals surface area contributed by atoms with Crippen LogP contribution in [-0.4, -0.2) is 37.5 Å². The third-order valence-electron chi connectivity index (χ3n) is 5.21. The molecule has 0 aliphatic heterocycles. The van der Waals surface area contributed by atoms with Gasteiger partial charge in [0.15, 0.2) is 5.82 Å². The second-order valence-electron chi connectivity index (χ2n) is 7.15. The molecule has 4 rings (SSSR count). The van der Waals surface area contributed by atoms with E-state index >= 15 is 0 Å². The molecule has 1 fully saturated rings. The first-order chi connectivity index (χ1) is 13.8. The highest BCUT2D eigenvalue weighted by molar-refractivity contribution is 6.00. The zero-order valence-corrected chi connectivity index (χ0v) is 15.3. The fourth-order valence-electron chi connectivity index (χ4n) is 3.67. The molecule has 0 radical (unpaired) electrons. The number of anilines is 1. The number of nitrogens with zero attached hydrogens (tertiary/aromatic N) is 3.